The Morgan fingerprint density at radius 1 is 1.04 bits per heavy atom. The summed E-state index contributed by atoms with van der Waals surface area (Å²) in [7, 11) is 5.01. The molecule has 0 spiro atoms. The van der Waals surface area contributed by atoms with Crippen LogP contribution in [0.1, 0.15) is 124 Å². The molecule has 1 aromatic carbocycles. The Labute approximate surface area is 320 Å². The van der Waals surface area contributed by atoms with Gasteiger partial charge in [0.1, 0.15) is 17.8 Å². The summed E-state index contributed by atoms with van der Waals surface area (Å²) in [5.74, 6) is -0.645. The molecule has 16 heteroatoms. The zero-order valence-electron chi connectivity index (χ0n) is 32.6. The second-order valence-corrected chi connectivity index (χ2v) is 14.4. The Bertz CT molecular complexity index is 2010. The maximum atomic E-state index is 13.2. The highest BCUT2D eigenvalue weighted by molar-refractivity contribution is 6.02. The maximum absolute atomic E-state index is 13.2. The molecule has 3 aromatic heterocycles. The summed E-state index contributed by atoms with van der Waals surface area (Å²) >= 11 is 0. The molecular formula is C39H55N9O7. The number of unbranched alkanes of at least 4 members (excludes halogenated alkanes) is 6. The number of fused-ring (bicyclic) bond motifs is 1. The van der Waals surface area contributed by atoms with Crippen LogP contribution in [-0.4, -0.2) is 72.7 Å². The van der Waals surface area contributed by atoms with Gasteiger partial charge >= 0.3 is 11.8 Å². The number of aryl methyl sites for hydroxylation is 3. The molecular weight excluding hydrogens is 706 g/mol. The lowest BCUT2D eigenvalue weighted by Crippen LogP contribution is -2.44. The van der Waals surface area contributed by atoms with E-state index in [0.29, 0.717) is 49.6 Å². The molecule has 1 aliphatic rings. The van der Waals surface area contributed by atoms with Gasteiger partial charge in [0.25, 0.3) is 5.91 Å². The third-order valence-corrected chi connectivity index (χ3v) is 10.3. The van der Waals surface area contributed by atoms with Crippen LogP contribution in [-0.2, 0) is 46.2 Å². The van der Waals surface area contributed by atoms with Gasteiger partial charge in [-0.3, -0.25) is 38.6 Å². The fourth-order valence-electron chi connectivity index (χ4n) is 7.27. The van der Waals surface area contributed by atoms with Crippen LogP contribution in [0.4, 0.5) is 10.6 Å². The molecule has 0 saturated carbocycles. The van der Waals surface area contributed by atoms with Crippen molar-refractivity contribution in [2.24, 2.45) is 14.1 Å². The number of aromatic amines is 1. The van der Waals surface area contributed by atoms with Crippen LogP contribution in [0.25, 0.3) is 11.0 Å². The number of rotatable bonds is 20. The first-order valence-electron chi connectivity index (χ1n) is 19.4. The van der Waals surface area contributed by atoms with E-state index >= 15 is 0 Å². The van der Waals surface area contributed by atoms with Crippen LogP contribution >= 0.6 is 0 Å². The topological polar surface area (TPSA) is 196 Å². The summed E-state index contributed by atoms with van der Waals surface area (Å²) in [6, 6.07) is 8.62. The number of imidazole rings is 1. The quantitative estimate of drug-likeness (QED) is 0.0696. The largest absolute Gasteiger partial charge is 0.446 e. The van der Waals surface area contributed by atoms with Crippen molar-refractivity contribution >= 4 is 40.7 Å². The fraction of sp³-hybridized carbons (Fsp3) is 0.564. The molecule has 16 nitrogen and oxygen atoms in total. The van der Waals surface area contributed by atoms with Gasteiger partial charge in [-0.15, -0.1) is 0 Å². The smallest absolute Gasteiger partial charge is 0.407 e. The first-order chi connectivity index (χ1) is 26.5. The number of hydrogen-bond acceptors (Lipinski definition) is 9. The molecule has 4 N–H and O–H groups in total. The Balaban J connectivity index is 0.951. The monoisotopic (exact) mass is 761 g/mol. The second kappa shape index (κ2) is 19.4. The van der Waals surface area contributed by atoms with Crippen molar-refractivity contribution in [3.8, 4) is 0 Å². The number of piperidine rings is 1. The van der Waals surface area contributed by atoms with Crippen LogP contribution in [0, 0.1) is 0 Å². The van der Waals surface area contributed by atoms with Crippen LogP contribution in [0.3, 0.4) is 0 Å². The van der Waals surface area contributed by atoms with E-state index in [9.17, 15) is 24.0 Å². The second-order valence-electron chi connectivity index (χ2n) is 14.4. The van der Waals surface area contributed by atoms with E-state index in [1.54, 1.807) is 37.9 Å². The number of nitrogens with zero attached hydrogens (tertiary/aromatic N) is 5. The number of methoxy groups -OCH3 is 1. The zero-order chi connectivity index (χ0) is 39.5. The fourth-order valence-corrected chi connectivity index (χ4v) is 7.27. The van der Waals surface area contributed by atoms with Gasteiger partial charge in [-0.25, -0.2) is 9.59 Å². The van der Waals surface area contributed by atoms with Crippen LogP contribution < -0.4 is 21.6 Å². The van der Waals surface area contributed by atoms with Crippen LogP contribution in [0.15, 0.2) is 35.1 Å². The Kier molecular flexibility index (Phi) is 14.4. The average Bonchev–Trinajstić information content (AvgIpc) is 3.85. The predicted octanol–water partition coefficient (Wildman–Crippen LogP) is 5.14. The van der Waals surface area contributed by atoms with E-state index in [4.69, 9.17) is 9.47 Å². The summed E-state index contributed by atoms with van der Waals surface area (Å²) in [5.41, 5.74) is 4.28. The van der Waals surface area contributed by atoms with Crippen molar-refractivity contribution in [3.05, 3.63) is 63.5 Å². The van der Waals surface area contributed by atoms with E-state index in [1.165, 1.54) is 9.25 Å². The third-order valence-electron chi connectivity index (χ3n) is 10.3. The molecule has 4 amide bonds. The number of amides is 4. The number of benzene rings is 1. The molecule has 1 saturated heterocycles. The van der Waals surface area contributed by atoms with Crippen molar-refractivity contribution in [1.82, 2.24) is 39.7 Å². The highest BCUT2D eigenvalue weighted by Crippen LogP contribution is 2.27. The van der Waals surface area contributed by atoms with E-state index in [2.05, 4.69) is 31.2 Å². The lowest BCUT2D eigenvalue weighted by atomic mass is 9.99. The minimum absolute atomic E-state index is 0.00954. The molecule has 298 valence electrons. The number of nitrogens with one attached hydrogen (secondary N) is 4. The van der Waals surface area contributed by atoms with Crippen molar-refractivity contribution < 1.29 is 28.7 Å². The van der Waals surface area contributed by atoms with Crippen molar-refractivity contribution in [1.29, 1.82) is 0 Å². The number of alkyl carbamates (subject to hydrolysis) is 1. The third kappa shape index (κ3) is 10.5. The summed E-state index contributed by atoms with van der Waals surface area (Å²) in [6.07, 6.45) is 9.17. The number of carbonyl (C=O) groups excluding carboxylic acids is 4. The highest BCUT2D eigenvalue weighted by Gasteiger charge is 2.31. The highest BCUT2D eigenvalue weighted by atomic mass is 16.6. The number of H-pyrrole nitrogens is 1. The molecule has 1 fully saturated rings. The van der Waals surface area contributed by atoms with Gasteiger partial charge in [0, 0.05) is 51.8 Å². The molecule has 1 unspecified atom stereocenters. The molecule has 3 atom stereocenters. The maximum Gasteiger partial charge on any atom is 0.407 e. The van der Waals surface area contributed by atoms with E-state index < -0.39 is 18.0 Å². The van der Waals surface area contributed by atoms with Gasteiger partial charge in [-0.2, -0.15) is 10.2 Å². The van der Waals surface area contributed by atoms with Crippen molar-refractivity contribution in [2.45, 2.75) is 116 Å². The molecule has 0 aliphatic carbocycles. The summed E-state index contributed by atoms with van der Waals surface area (Å²) < 4.78 is 15.5. The molecule has 4 aromatic rings. The van der Waals surface area contributed by atoms with Gasteiger partial charge < -0.3 is 20.1 Å². The predicted molar refractivity (Wildman–Crippen MR) is 207 cm³/mol. The molecule has 5 rings (SSSR count). The first-order valence-corrected chi connectivity index (χ1v) is 19.4. The Morgan fingerprint density at radius 2 is 1.78 bits per heavy atom. The minimum Gasteiger partial charge on any atom is -0.446 e. The lowest BCUT2D eigenvalue weighted by Gasteiger charge is -2.21. The SMILES string of the molecule is CC[C@H](C[C@H](C)c1cc(NC(=O)c2cc(COC)nn2C)n[nH]1)OC(=O)NCCCCCCCCCc1cccc2c1n(C)c(=O)n2C1CCC(=O)NC1=O. The summed E-state index contributed by atoms with van der Waals surface area (Å²) in [6.45, 7) is 4.88. The lowest BCUT2D eigenvalue weighted by molar-refractivity contribution is -0.135. The minimum atomic E-state index is -0.686. The standard InChI is InChI=1S/C39H55N9O7/c1-6-28(21-25(2)29-23-33(44-43-29)41-37(51)32-22-27(24-54-5)45-47(32)4)55-38(52)40-20-13-11-9-7-8-10-12-15-26-16-14-17-30-35(26)46(3)39(53)48(30)31-18-19-34(49)42-36(31)50/h14,16-17,22-23,25,28,31H,6-13,15,18-21,24H2,1-5H3,(H,40,52)(H,42,49,50)(H2,41,43,44,51)/t25-,28+,31?/m0/s1. The van der Waals surface area contributed by atoms with Gasteiger partial charge in [-0.1, -0.05) is 58.1 Å². The molecule has 0 radical (unpaired) electrons. The summed E-state index contributed by atoms with van der Waals surface area (Å²) in [5, 5.41) is 19.6. The zero-order valence-corrected chi connectivity index (χ0v) is 32.6. The number of para-hydroxylation sites is 1. The van der Waals surface area contributed by atoms with Gasteiger partial charge in [-0.05, 0) is 56.2 Å². The Hall–Kier alpha value is -5.25. The number of imide groups is 1. The number of anilines is 1. The van der Waals surface area contributed by atoms with E-state index in [-0.39, 0.29) is 35.9 Å². The van der Waals surface area contributed by atoms with Crippen LogP contribution in [0.5, 0.6) is 0 Å². The van der Waals surface area contributed by atoms with Crippen LogP contribution in [0.2, 0.25) is 0 Å². The number of aromatic nitrogens is 6. The molecule has 1 aliphatic heterocycles. The van der Waals surface area contributed by atoms with Gasteiger partial charge in [0.15, 0.2) is 5.82 Å². The van der Waals surface area contributed by atoms with E-state index in [0.717, 1.165) is 73.7 Å². The number of hydrogen-bond donors (Lipinski definition) is 4. The summed E-state index contributed by atoms with van der Waals surface area (Å²) in [4.78, 5) is 62.7. The van der Waals surface area contributed by atoms with Gasteiger partial charge in [0.2, 0.25) is 11.8 Å². The average molecular weight is 762 g/mol. The van der Waals surface area contributed by atoms with Crippen molar-refractivity contribution in [2.75, 3.05) is 19.0 Å². The Morgan fingerprint density at radius 3 is 2.51 bits per heavy atom. The molecule has 55 heavy (non-hydrogen) atoms. The van der Waals surface area contributed by atoms with E-state index in [1.807, 2.05) is 32.0 Å². The number of ether oxygens (including phenoxy) is 2. The van der Waals surface area contributed by atoms with Crippen molar-refractivity contribution in [3.63, 3.8) is 0 Å². The molecule has 0 bridgehead atoms. The normalized spacial score (nSPS) is 15.5. The van der Waals surface area contributed by atoms with Gasteiger partial charge in [0.05, 0.1) is 23.3 Å². The number of carbonyl (C=O) groups is 4. The molecule has 4 heterocycles. The first kappa shape index (κ1) is 40.9.